The van der Waals surface area contributed by atoms with E-state index in [0.717, 1.165) is 18.7 Å². The van der Waals surface area contributed by atoms with E-state index < -0.39 is 0 Å². The largest absolute Gasteiger partial charge is 0.309 e. The molecule has 0 unspecified atom stereocenters. The summed E-state index contributed by atoms with van der Waals surface area (Å²) in [6.45, 7) is 1.32. The van der Waals surface area contributed by atoms with E-state index in [1.54, 1.807) is 6.20 Å². The predicted octanol–water partition coefficient (Wildman–Crippen LogP) is -0.259. The van der Waals surface area contributed by atoms with Crippen LogP contribution >= 0.6 is 0 Å². The van der Waals surface area contributed by atoms with Crippen LogP contribution in [0.25, 0.3) is 0 Å². The number of carbonyl (C=O) groups excluding carboxylic acids is 1. The Morgan fingerprint density at radius 3 is 3.17 bits per heavy atom. The van der Waals surface area contributed by atoms with Gasteiger partial charge in [0.15, 0.2) is 5.78 Å². The first-order chi connectivity index (χ1) is 5.86. The van der Waals surface area contributed by atoms with Crippen LogP contribution in [0.15, 0.2) is 12.3 Å². The molecule has 1 saturated heterocycles. The number of nitrogens with zero attached hydrogens (tertiary/aromatic N) is 1. The monoisotopic (exact) mass is 165 g/mol. The van der Waals surface area contributed by atoms with Gasteiger partial charge in [0, 0.05) is 25.1 Å². The van der Waals surface area contributed by atoms with Crippen molar-refractivity contribution in [2.24, 2.45) is 5.92 Å². The third kappa shape index (κ3) is 1.38. The van der Waals surface area contributed by atoms with Gasteiger partial charge in [-0.25, -0.2) is 0 Å². The zero-order valence-electron chi connectivity index (χ0n) is 6.71. The van der Waals surface area contributed by atoms with E-state index in [-0.39, 0.29) is 5.92 Å². The molecular weight excluding hydrogens is 154 g/mol. The van der Waals surface area contributed by atoms with Crippen molar-refractivity contribution < 1.29 is 4.79 Å². The summed E-state index contributed by atoms with van der Waals surface area (Å²) in [7, 11) is 0. The second-order valence-corrected chi connectivity index (χ2v) is 3.06. The van der Waals surface area contributed by atoms with Gasteiger partial charge in [-0.3, -0.25) is 9.89 Å². The van der Waals surface area contributed by atoms with Gasteiger partial charge in [-0.1, -0.05) is 0 Å². The van der Waals surface area contributed by atoms with Gasteiger partial charge in [-0.05, 0) is 6.07 Å². The molecule has 0 amide bonds. The summed E-state index contributed by atoms with van der Waals surface area (Å²) < 4.78 is 0. The lowest BCUT2D eigenvalue weighted by molar-refractivity contribution is -0.119. The van der Waals surface area contributed by atoms with Gasteiger partial charge >= 0.3 is 0 Å². The molecule has 4 nitrogen and oxygen atoms in total. The van der Waals surface area contributed by atoms with Crippen molar-refractivity contribution in [3.8, 4) is 0 Å². The minimum atomic E-state index is 0.133. The summed E-state index contributed by atoms with van der Waals surface area (Å²) in [4.78, 5) is 11.2. The molecule has 1 atom stereocenters. The molecule has 2 N–H and O–H groups in total. The summed E-state index contributed by atoms with van der Waals surface area (Å²) in [6, 6.07) is 1.91. The molecule has 12 heavy (non-hydrogen) atoms. The summed E-state index contributed by atoms with van der Waals surface area (Å²) in [5, 5.41) is 9.79. The normalized spacial score (nSPS) is 23.3. The molecule has 0 bridgehead atoms. The molecule has 1 aliphatic rings. The molecule has 1 aromatic heterocycles. The quantitative estimate of drug-likeness (QED) is 0.634. The van der Waals surface area contributed by atoms with Gasteiger partial charge < -0.3 is 5.32 Å². The Balaban J connectivity index is 1.99. The number of ketones is 1. The average Bonchev–Trinajstić information content (AvgIpc) is 2.65. The summed E-state index contributed by atoms with van der Waals surface area (Å²) in [5.41, 5.74) is 0.969. The van der Waals surface area contributed by atoms with Crippen LogP contribution in [0.5, 0.6) is 0 Å². The van der Waals surface area contributed by atoms with Crippen molar-refractivity contribution in [1.82, 2.24) is 15.5 Å². The maximum absolute atomic E-state index is 11.2. The molecule has 0 aliphatic carbocycles. The van der Waals surface area contributed by atoms with E-state index in [9.17, 15) is 4.79 Å². The fraction of sp³-hybridized carbons (Fsp3) is 0.500. The van der Waals surface area contributed by atoms with Crippen LogP contribution in [0.3, 0.4) is 0 Å². The van der Waals surface area contributed by atoms with Crippen molar-refractivity contribution in [2.75, 3.05) is 13.1 Å². The molecule has 1 aliphatic heterocycles. The zero-order valence-corrected chi connectivity index (χ0v) is 6.71. The third-order valence-electron chi connectivity index (χ3n) is 2.16. The minimum absolute atomic E-state index is 0.133. The Morgan fingerprint density at radius 2 is 2.58 bits per heavy atom. The Bertz CT molecular complexity index is 268. The molecule has 1 fully saturated rings. The molecule has 4 heteroatoms. The van der Waals surface area contributed by atoms with Gasteiger partial charge in [-0.2, -0.15) is 5.10 Å². The van der Waals surface area contributed by atoms with Crippen molar-refractivity contribution >= 4 is 5.78 Å². The van der Waals surface area contributed by atoms with Crippen molar-refractivity contribution in [3.05, 3.63) is 18.0 Å². The SMILES string of the molecule is O=C1CNC[C@@H]1Cc1cc[nH]n1. The van der Waals surface area contributed by atoms with Crippen molar-refractivity contribution in [2.45, 2.75) is 6.42 Å². The summed E-state index contributed by atoms with van der Waals surface area (Å²) in [6.07, 6.45) is 2.54. The predicted molar refractivity (Wildman–Crippen MR) is 43.7 cm³/mol. The molecule has 2 rings (SSSR count). The molecule has 0 radical (unpaired) electrons. The van der Waals surface area contributed by atoms with Crippen LogP contribution in [0.4, 0.5) is 0 Å². The van der Waals surface area contributed by atoms with Crippen LogP contribution in [0.1, 0.15) is 5.69 Å². The fourth-order valence-electron chi connectivity index (χ4n) is 1.47. The highest BCUT2D eigenvalue weighted by Crippen LogP contribution is 2.09. The first-order valence-corrected chi connectivity index (χ1v) is 4.08. The van der Waals surface area contributed by atoms with Crippen LogP contribution in [0.2, 0.25) is 0 Å². The third-order valence-corrected chi connectivity index (χ3v) is 2.16. The standard InChI is InChI=1S/C8H11N3O/c12-8-5-9-4-6(8)3-7-1-2-10-11-7/h1-2,6,9H,3-5H2,(H,10,11)/t6-/m0/s1. The number of rotatable bonds is 2. The number of aromatic amines is 1. The molecule has 64 valence electrons. The Labute approximate surface area is 70.4 Å². The number of Topliss-reactive ketones (excluding diaryl/α,β-unsaturated/α-hetero) is 1. The Kier molecular flexibility index (Phi) is 1.91. The second kappa shape index (κ2) is 3.06. The van der Waals surface area contributed by atoms with Crippen LogP contribution in [-0.4, -0.2) is 29.1 Å². The average molecular weight is 165 g/mol. The highest BCUT2D eigenvalue weighted by Gasteiger charge is 2.24. The lowest BCUT2D eigenvalue weighted by Gasteiger charge is -2.02. The van der Waals surface area contributed by atoms with E-state index in [0.29, 0.717) is 12.3 Å². The van der Waals surface area contributed by atoms with Crippen LogP contribution in [0, 0.1) is 5.92 Å². The van der Waals surface area contributed by atoms with Gasteiger partial charge in [0.2, 0.25) is 0 Å². The Hall–Kier alpha value is -1.16. The molecule has 0 aromatic carbocycles. The smallest absolute Gasteiger partial charge is 0.151 e. The van der Waals surface area contributed by atoms with Crippen molar-refractivity contribution in [3.63, 3.8) is 0 Å². The van der Waals surface area contributed by atoms with E-state index in [2.05, 4.69) is 15.5 Å². The van der Waals surface area contributed by atoms with Gasteiger partial charge in [0.05, 0.1) is 12.2 Å². The van der Waals surface area contributed by atoms with Crippen LogP contribution < -0.4 is 5.32 Å². The number of nitrogens with one attached hydrogen (secondary N) is 2. The number of hydrogen-bond acceptors (Lipinski definition) is 3. The van der Waals surface area contributed by atoms with Gasteiger partial charge in [-0.15, -0.1) is 0 Å². The molecule has 0 spiro atoms. The van der Waals surface area contributed by atoms with E-state index >= 15 is 0 Å². The topological polar surface area (TPSA) is 57.8 Å². The number of H-pyrrole nitrogens is 1. The zero-order chi connectivity index (χ0) is 8.39. The highest BCUT2D eigenvalue weighted by atomic mass is 16.1. The maximum Gasteiger partial charge on any atom is 0.151 e. The maximum atomic E-state index is 11.2. The van der Waals surface area contributed by atoms with E-state index in [1.807, 2.05) is 6.07 Å². The molecule has 0 saturated carbocycles. The minimum Gasteiger partial charge on any atom is -0.309 e. The lowest BCUT2D eigenvalue weighted by Crippen LogP contribution is -2.14. The van der Waals surface area contributed by atoms with Crippen LogP contribution in [-0.2, 0) is 11.2 Å². The van der Waals surface area contributed by atoms with E-state index in [1.165, 1.54) is 0 Å². The lowest BCUT2D eigenvalue weighted by atomic mass is 10.0. The Morgan fingerprint density at radius 1 is 1.67 bits per heavy atom. The molecule has 2 heterocycles. The second-order valence-electron chi connectivity index (χ2n) is 3.06. The number of aromatic nitrogens is 2. The summed E-state index contributed by atoms with van der Waals surface area (Å²) in [5.74, 6) is 0.436. The first-order valence-electron chi connectivity index (χ1n) is 4.08. The number of hydrogen-bond donors (Lipinski definition) is 2. The van der Waals surface area contributed by atoms with Gasteiger partial charge in [0.25, 0.3) is 0 Å². The molecule has 1 aromatic rings. The summed E-state index contributed by atoms with van der Waals surface area (Å²) >= 11 is 0. The first kappa shape index (κ1) is 7.49. The number of carbonyl (C=O) groups is 1. The fourth-order valence-corrected chi connectivity index (χ4v) is 1.47. The molecular formula is C8H11N3O. The van der Waals surface area contributed by atoms with Gasteiger partial charge in [0.1, 0.15) is 0 Å². The van der Waals surface area contributed by atoms with E-state index in [4.69, 9.17) is 0 Å². The highest BCUT2D eigenvalue weighted by molar-refractivity contribution is 5.85. The van der Waals surface area contributed by atoms with Crippen molar-refractivity contribution in [1.29, 1.82) is 0 Å².